The molecule has 3 aromatic rings. The van der Waals surface area contributed by atoms with Crippen molar-refractivity contribution in [2.75, 3.05) is 33.7 Å². The van der Waals surface area contributed by atoms with Crippen molar-refractivity contribution in [3.8, 4) is 0 Å². The van der Waals surface area contributed by atoms with Gasteiger partial charge in [0.25, 0.3) is 0 Å². The van der Waals surface area contributed by atoms with E-state index in [0.717, 1.165) is 51.9 Å². The quantitative estimate of drug-likeness (QED) is 0.189. The van der Waals surface area contributed by atoms with Gasteiger partial charge in [0.1, 0.15) is 0 Å². The first kappa shape index (κ1) is 35.9. The zero-order valence-electron chi connectivity index (χ0n) is 26.0. The molecule has 0 aromatic heterocycles. The predicted octanol–water partition coefficient (Wildman–Crippen LogP) is 9.53. The molecule has 3 aromatic carbocycles. The maximum atomic E-state index is 13.8. The van der Waals surface area contributed by atoms with Gasteiger partial charge in [-0.3, -0.25) is 0 Å². The van der Waals surface area contributed by atoms with E-state index in [2.05, 4.69) is 47.6 Å². The normalized spacial score (nSPS) is 14.2. The molecule has 2 aliphatic heterocycles. The molecule has 0 aliphatic carbocycles. The average Bonchev–Trinajstić information content (AvgIpc) is 3.40. The van der Waals surface area contributed by atoms with E-state index in [-0.39, 0.29) is 35.1 Å². The standard InChI is InChI=1S/C23H18F3N4.C9H21P.CH3.Os.H/c1-27-14-29(21-9-5-3-7-19(21)27)17-11-16(23(24,25)26)12-18(13-17)30-15-28(2)20-8-4-6-10-22(20)30;1-7(2)10(8(3)4)9(5)6;;;/h3-12,14-15H,1-2H3;7-9H,1-6H3;1H3;;/q-3;;-1;;/p+1. The molecular formula is C33H44F3N4OsP-3. The van der Waals surface area contributed by atoms with Gasteiger partial charge in [-0.1, -0.05) is 29.8 Å². The Labute approximate surface area is 265 Å². The molecule has 0 bridgehead atoms. The topological polar surface area (TPSA) is 13.0 Å². The number of para-hydroxylation sites is 4. The first-order valence-corrected chi connectivity index (χ1v) is 15.5. The van der Waals surface area contributed by atoms with Crippen molar-refractivity contribution in [2.45, 2.75) is 64.7 Å². The van der Waals surface area contributed by atoms with E-state index in [1.54, 1.807) is 23.1 Å². The summed E-state index contributed by atoms with van der Waals surface area (Å²) in [5, 5.41) is 0. The number of halogens is 3. The predicted molar refractivity (Wildman–Crippen MR) is 174 cm³/mol. The fourth-order valence-corrected chi connectivity index (χ4v) is 9.87. The van der Waals surface area contributed by atoms with Gasteiger partial charge >= 0.3 is 26.0 Å². The Morgan fingerprint density at radius 3 is 1.29 bits per heavy atom. The summed E-state index contributed by atoms with van der Waals surface area (Å²) in [6.07, 6.45) is -4.48. The Morgan fingerprint density at radius 1 is 0.667 bits per heavy atom. The van der Waals surface area contributed by atoms with Crippen molar-refractivity contribution in [3.05, 3.63) is 93.1 Å². The molecule has 9 heteroatoms. The number of anilines is 6. The minimum atomic E-state index is -4.48. The molecule has 233 valence electrons. The van der Waals surface area contributed by atoms with Crippen LogP contribution in [0.15, 0.2) is 60.7 Å². The summed E-state index contributed by atoms with van der Waals surface area (Å²) in [6.45, 7) is 17.8. The number of nitrogens with zero attached hydrogens (tertiary/aromatic N) is 4. The summed E-state index contributed by atoms with van der Waals surface area (Å²) in [5.41, 5.74) is 6.21. The van der Waals surface area contributed by atoms with E-state index in [0.29, 0.717) is 11.4 Å². The second-order valence-corrected chi connectivity index (χ2v) is 15.7. The third kappa shape index (κ3) is 7.61. The van der Waals surface area contributed by atoms with E-state index < -0.39 is 11.7 Å². The van der Waals surface area contributed by atoms with E-state index in [4.69, 9.17) is 0 Å². The molecule has 2 aliphatic rings. The molecule has 0 amide bonds. The van der Waals surface area contributed by atoms with Gasteiger partial charge < -0.3 is 27.0 Å². The fraction of sp³-hybridized carbons (Fsp3) is 0.364. The van der Waals surface area contributed by atoms with Crippen LogP contribution in [0.2, 0.25) is 0 Å². The first-order chi connectivity index (χ1) is 18.8. The van der Waals surface area contributed by atoms with Crippen LogP contribution in [0.1, 0.15) is 47.1 Å². The molecule has 0 saturated carbocycles. The molecule has 0 saturated heterocycles. The van der Waals surface area contributed by atoms with Crippen molar-refractivity contribution in [1.82, 2.24) is 0 Å². The molecule has 42 heavy (non-hydrogen) atoms. The molecule has 0 unspecified atom stereocenters. The van der Waals surface area contributed by atoms with Crippen LogP contribution in [0.4, 0.5) is 47.3 Å². The molecule has 0 radical (unpaired) electrons. The van der Waals surface area contributed by atoms with Crippen molar-refractivity contribution < 1.29 is 33.0 Å². The summed E-state index contributed by atoms with van der Waals surface area (Å²) in [6, 6.07) is 20.6. The van der Waals surface area contributed by atoms with Gasteiger partial charge in [0.2, 0.25) is 0 Å². The number of alkyl halides is 3. The molecule has 2 heterocycles. The van der Waals surface area contributed by atoms with Crippen LogP contribution in [0.25, 0.3) is 0 Å². The van der Waals surface area contributed by atoms with E-state index >= 15 is 0 Å². The van der Waals surface area contributed by atoms with Crippen LogP contribution in [0.3, 0.4) is 0 Å². The third-order valence-corrected chi connectivity index (χ3v) is 11.3. The average molecular weight is 775 g/mol. The van der Waals surface area contributed by atoms with Crippen LogP contribution in [0.5, 0.6) is 0 Å². The second-order valence-electron chi connectivity index (χ2n) is 11.3. The Kier molecular flexibility index (Phi) is 12.4. The van der Waals surface area contributed by atoms with Crippen LogP contribution in [-0.4, -0.2) is 31.1 Å². The Morgan fingerprint density at radius 2 is 1.00 bits per heavy atom. The fourth-order valence-electron chi connectivity index (χ4n) is 5.87. The molecule has 5 rings (SSSR count). The number of fused-ring (bicyclic) bond motifs is 2. The zero-order valence-corrected chi connectivity index (χ0v) is 29.7. The molecular weight excluding hydrogens is 731 g/mol. The molecule has 4 nitrogen and oxygen atoms in total. The zero-order chi connectivity index (χ0) is 29.4. The molecule has 0 spiro atoms. The maximum absolute atomic E-state index is 13.8. The van der Waals surface area contributed by atoms with Crippen LogP contribution in [0, 0.1) is 26.8 Å². The van der Waals surface area contributed by atoms with Crippen molar-refractivity contribution in [2.24, 2.45) is 0 Å². The monoisotopic (exact) mass is 776 g/mol. The molecule has 0 N–H and O–H groups in total. The van der Waals surface area contributed by atoms with Crippen molar-refractivity contribution in [1.29, 1.82) is 0 Å². The van der Waals surface area contributed by atoms with E-state index in [9.17, 15) is 13.2 Å². The summed E-state index contributed by atoms with van der Waals surface area (Å²) in [7, 11) is 3.64. The van der Waals surface area contributed by atoms with Crippen LogP contribution < -0.4 is 19.6 Å². The summed E-state index contributed by atoms with van der Waals surface area (Å²) < 4.78 is 41.3. The van der Waals surface area contributed by atoms with Gasteiger partial charge in [-0.25, -0.2) is 0 Å². The number of rotatable bonds is 5. The SMILES string of the molecule is CC(C)[PH+](C(C)C)C(C)C.CN1[CH-]N(c2[c-]c(N3[CH-]N(C)c4ccccc43)cc(C(F)(F)F)c2)c2ccccc21.[CH3-].[OsH]. The van der Waals surface area contributed by atoms with Crippen molar-refractivity contribution in [3.63, 3.8) is 0 Å². The first-order valence-electron chi connectivity index (χ1n) is 13.7. The van der Waals surface area contributed by atoms with Crippen LogP contribution >= 0.6 is 7.92 Å². The molecule has 0 atom stereocenters. The summed E-state index contributed by atoms with van der Waals surface area (Å²) in [5.74, 6) is 0. The minimum absolute atomic E-state index is 0. The van der Waals surface area contributed by atoms with Gasteiger partial charge in [-0.2, -0.15) is 26.5 Å². The Bertz CT molecular complexity index is 1220. The second kappa shape index (κ2) is 14.5. The Balaban J connectivity index is 0.000000446. The van der Waals surface area contributed by atoms with Gasteiger partial charge in [-0.15, -0.1) is 29.6 Å². The Hall–Kier alpha value is -2.28. The van der Waals surface area contributed by atoms with E-state index in [1.807, 2.05) is 72.4 Å². The summed E-state index contributed by atoms with van der Waals surface area (Å²) in [4.78, 5) is 7.24. The van der Waals surface area contributed by atoms with Gasteiger partial charge in [0.05, 0.1) is 17.0 Å². The number of hydrogen-bond donors (Lipinski definition) is 0. The van der Waals surface area contributed by atoms with Gasteiger partial charge in [-0.05, 0) is 79.9 Å². The number of benzene rings is 3. The molecule has 0 fully saturated rings. The van der Waals surface area contributed by atoms with Gasteiger partial charge in [0, 0.05) is 30.7 Å². The summed E-state index contributed by atoms with van der Waals surface area (Å²) >= 11 is 0. The van der Waals surface area contributed by atoms with Gasteiger partial charge in [0.15, 0.2) is 0 Å². The van der Waals surface area contributed by atoms with Crippen LogP contribution in [-0.2, 0) is 26.0 Å². The third-order valence-electron chi connectivity index (χ3n) is 7.31. The number of hydrogen-bond acceptors (Lipinski definition) is 4. The van der Waals surface area contributed by atoms with E-state index in [1.165, 1.54) is 0 Å². The van der Waals surface area contributed by atoms with Crippen molar-refractivity contribution >= 4 is 42.0 Å².